The number of aromatic nitrogens is 2. The highest BCUT2D eigenvalue weighted by Gasteiger charge is 2.22. The Kier molecular flexibility index (Phi) is 6.18. The monoisotopic (exact) mass is 241 g/mol. The van der Waals surface area contributed by atoms with Crippen molar-refractivity contribution in [2.75, 3.05) is 20.8 Å². The van der Waals surface area contributed by atoms with Gasteiger partial charge in [0.25, 0.3) is 0 Å². The van der Waals surface area contributed by atoms with Crippen LogP contribution in [0.3, 0.4) is 0 Å². The van der Waals surface area contributed by atoms with Gasteiger partial charge in [-0.3, -0.25) is 0 Å². The van der Waals surface area contributed by atoms with Crippen molar-refractivity contribution in [3.63, 3.8) is 0 Å². The zero-order valence-electron chi connectivity index (χ0n) is 11.1. The average Bonchev–Trinajstić information content (AvgIpc) is 2.78. The third-order valence-corrected chi connectivity index (χ3v) is 2.80. The Hall–Kier alpha value is -0.910. The fourth-order valence-electron chi connectivity index (χ4n) is 1.97. The second-order valence-electron chi connectivity index (χ2n) is 3.84. The lowest BCUT2D eigenvalue weighted by molar-refractivity contribution is -0.122. The summed E-state index contributed by atoms with van der Waals surface area (Å²) in [5.74, 6) is 1.05. The van der Waals surface area contributed by atoms with Crippen LogP contribution >= 0.6 is 0 Å². The molecule has 1 aromatic heterocycles. The van der Waals surface area contributed by atoms with E-state index in [4.69, 9.17) is 9.47 Å². The van der Waals surface area contributed by atoms with E-state index in [2.05, 4.69) is 28.7 Å². The highest BCUT2D eigenvalue weighted by atomic mass is 16.7. The van der Waals surface area contributed by atoms with Gasteiger partial charge in [-0.2, -0.15) is 0 Å². The minimum atomic E-state index is -0.253. The maximum atomic E-state index is 5.31. The third kappa shape index (κ3) is 3.80. The molecule has 1 unspecified atom stereocenters. The molecule has 0 aromatic carbocycles. The average molecular weight is 241 g/mol. The largest absolute Gasteiger partial charge is 0.354 e. The van der Waals surface area contributed by atoms with E-state index >= 15 is 0 Å². The first-order valence-corrected chi connectivity index (χ1v) is 6.05. The van der Waals surface area contributed by atoms with Gasteiger partial charge < -0.3 is 19.4 Å². The van der Waals surface area contributed by atoms with Gasteiger partial charge in [0.15, 0.2) is 6.29 Å². The van der Waals surface area contributed by atoms with E-state index in [1.807, 2.05) is 12.4 Å². The molecule has 1 aromatic rings. The smallest absolute Gasteiger partial charge is 0.172 e. The molecule has 1 N–H and O–H groups in total. The Morgan fingerprint density at radius 3 is 2.59 bits per heavy atom. The van der Waals surface area contributed by atoms with Gasteiger partial charge in [-0.1, -0.05) is 6.92 Å². The lowest BCUT2D eigenvalue weighted by atomic mass is 10.2. The van der Waals surface area contributed by atoms with Gasteiger partial charge in [-0.15, -0.1) is 0 Å². The molecule has 0 aliphatic carbocycles. The number of nitrogens with one attached hydrogen (secondary N) is 1. The van der Waals surface area contributed by atoms with Crippen LogP contribution in [-0.2, 0) is 22.4 Å². The SMILES string of the molecule is CCNC(Cc1nccn1CC)C(OC)OC. The zero-order valence-corrected chi connectivity index (χ0v) is 11.1. The van der Waals surface area contributed by atoms with Crippen LogP contribution in [0.15, 0.2) is 12.4 Å². The summed E-state index contributed by atoms with van der Waals surface area (Å²) in [4.78, 5) is 4.37. The summed E-state index contributed by atoms with van der Waals surface area (Å²) in [7, 11) is 3.32. The van der Waals surface area contributed by atoms with Crippen LogP contribution in [0.1, 0.15) is 19.7 Å². The number of hydrogen-bond donors (Lipinski definition) is 1. The molecular formula is C12H23N3O2. The molecule has 0 radical (unpaired) electrons. The van der Waals surface area contributed by atoms with E-state index in [1.54, 1.807) is 14.2 Å². The van der Waals surface area contributed by atoms with Crippen LogP contribution in [0.4, 0.5) is 0 Å². The van der Waals surface area contributed by atoms with Crippen molar-refractivity contribution in [1.82, 2.24) is 14.9 Å². The number of methoxy groups -OCH3 is 2. The Morgan fingerprint density at radius 1 is 1.35 bits per heavy atom. The summed E-state index contributed by atoms with van der Waals surface area (Å²) >= 11 is 0. The third-order valence-electron chi connectivity index (χ3n) is 2.80. The summed E-state index contributed by atoms with van der Waals surface area (Å²) in [6.45, 7) is 5.98. The fraction of sp³-hybridized carbons (Fsp3) is 0.750. The van der Waals surface area contributed by atoms with Gasteiger partial charge in [-0.25, -0.2) is 4.98 Å². The van der Waals surface area contributed by atoms with Crippen LogP contribution in [0, 0.1) is 0 Å². The standard InChI is InChI=1S/C12H23N3O2/c1-5-13-10(12(16-3)17-4)9-11-14-7-8-15(11)6-2/h7-8,10,12-13H,5-6,9H2,1-4H3. The van der Waals surface area contributed by atoms with Gasteiger partial charge in [-0.05, 0) is 13.5 Å². The predicted octanol–water partition coefficient (Wildman–Crippen LogP) is 1.04. The fourth-order valence-corrected chi connectivity index (χ4v) is 1.97. The second kappa shape index (κ2) is 7.42. The van der Waals surface area contributed by atoms with E-state index in [-0.39, 0.29) is 12.3 Å². The molecule has 0 saturated carbocycles. The van der Waals surface area contributed by atoms with Crippen molar-refractivity contribution in [2.24, 2.45) is 0 Å². The van der Waals surface area contributed by atoms with Crippen molar-refractivity contribution >= 4 is 0 Å². The van der Waals surface area contributed by atoms with Crippen molar-refractivity contribution in [2.45, 2.75) is 39.1 Å². The van der Waals surface area contributed by atoms with Crippen LogP contribution in [-0.4, -0.2) is 42.6 Å². The molecule has 98 valence electrons. The first-order valence-electron chi connectivity index (χ1n) is 6.05. The summed E-state index contributed by atoms with van der Waals surface area (Å²) in [5.41, 5.74) is 0. The molecule has 17 heavy (non-hydrogen) atoms. The van der Waals surface area contributed by atoms with Crippen LogP contribution in [0.25, 0.3) is 0 Å². The molecule has 1 heterocycles. The number of imidazole rings is 1. The second-order valence-corrected chi connectivity index (χ2v) is 3.84. The predicted molar refractivity (Wildman–Crippen MR) is 66.9 cm³/mol. The summed E-state index contributed by atoms with van der Waals surface area (Å²) in [5, 5.41) is 3.37. The van der Waals surface area contributed by atoms with Crippen LogP contribution < -0.4 is 5.32 Å². The quantitative estimate of drug-likeness (QED) is 0.691. The van der Waals surface area contributed by atoms with E-state index in [0.29, 0.717) is 0 Å². The Labute approximate surface area is 103 Å². The first-order chi connectivity index (χ1) is 8.26. The van der Waals surface area contributed by atoms with E-state index in [9.17, 15) is 0 Å². The number of ether oxygens (including phenoxy) is 2. The number of likely N-dealkylation sites (N-methyl/N-ethyl adjacent to an activating group) is 1. The lowest BCUT2D eigenvalue weighted by Crippen LogP contribution is -2.44. The number of hydrogen-bond acceptors (Lipinski definition) is 4. The molecule has 0 aliphatic rings. The Bertz CT molecular complexity index is 310. The molecule has 0 saturated heterocycles. The topological polar surface area (TPSA) is 48.3 Å². The molecular weight excluding hydrogens is 218 g/mol. The molecule has 5 nitrogen and oxygen atoms in total. The summed E-state index contributed by atoms with van der Waals surface area (Å²) in [6.07, 6.45) is 4.36. The summed E-state index contributed by atoms with van der Waals surface area (Å²) < 4.78 is 12.8. The highest BCUT2D eigenvalue weighted by molar-refractivity contribution is 4.96. The molecule has 5 heteroatoms. The van der Waals surface area contributed by atoms with Crippen molar-refractivity contribution < 1.29 is 9.47 Å². The highest BCUT2D eigenvalue weighted by Crippen LogP contribution is 2.08. The van der Waals surface area contributed by atoms with Gasteiger partial charge in [0.2, 0.25) is 0 Å². The number of rotatable bonds is 8. The zero-order chi connectivity index (χ0) is 12.7. The van der Waals surface area contributed by atoms with E-state index in [0.717, 1.165) is 25.3 Å². The maximum absolute atomic E-state index is 5.31. The first kappa shape index (κ1) is 14.2. The minimum Gasteiger partial charge on any atom is -0.354 e. The normalized spacial score (nSPS) is 13.2. The van der Waals surface area contributed by atoms with Gasteiger partial charge in [0.05, 0.1) is 6.04 Å². The molecule has 0 bridgehead atoms. The van der Waals surface area contributed by atoms with E-state index in [1.165, 1.54) is 0 Å². The van der Waals surface area contributed by atoms with Gasteiger partial charge in [0.1, 0.15) is 5.82 Å². The van der Waals surface area contributed by atoms with Crippen molar-refractivity contribution in [3.8, 4) is 0 Å². The number of aryl methyl sites for hydroxylation is 1. The molecule has 1 rings (SSSR count). The van der Waals surface area contributed by atoms with Crippen molar-refractivity contribution in [1.29, 1.82) is 0 Å². The van der Waals surface area contributed by atoms with Crippen LogP contribution in [0.5, 0.6) is 0 Å². The van der Waals surface area contributed by atoms with Crippen molar-refractivity contribution in [3.05, 3.63) is 18.2 Å². The number of nitrogens with zero attached hydrogens (tertiary/aromatic N) is 2. The molecule has 0 amide bonds. The minimum absolute atomic E-state index is 0.114. The van der Waals surface area contributed by atoms with Gasteiger partial charge >= 0.3 is 0 Å². The maximum Gasteiger partial charge on any atom is 0.172 e. The molecule has 0 fully saturated rings. The molecule has 0 spiro atoms. The summed E-state index contributed by atoms with van der Waals surface area (Å²) in [6, 6.07) is 0.114. The lowest BCUT2D eigenvalue weighted by Gasteiger charge is -2.25. The molecule has 1 atom stereocenters. The molecule has 0 aliphatic heterocycles. The Balaban J connectivity index is 2.71. The van der Waals surface area contributed by atoms with E-state index < -0.39 is 0 Å². The Morgan fingerprint density at radius 2 is 2.06 bits per heavy atom. The van der Waals surface area contributed by atoms with Crippen LogP contribution in [0.2, 0.25) is 0 Å². The van der Waals surface area contributed by atoms with Gasteiger partial charge in [0, 0.05) is 39.6 Å².